The highest BCUT2D eigenvalue weighted by molar-refractivity contribution is 6.33. The van der Waals surface area contributed by atoms with Crippen LogP contribution in [0.25, 0.3) is 22.5 Å². The highest BCUT2D eigenvalue weighted by Gasteiger charge is 2.31. The van der Waals surface area contributed by atoms with Crippen LogP contribution in [0.3, 0.4) is 0 Å². The summed E-state index contributed by atoms with van der Waals surface area (Å²) in [5, 5.41) is 13.3. The molecule has 0 spiro atoms. The van der Waals surface area contributed by atoms with Crippen molar-refractivity contribution in [3.63, 3.8) is 0 Å². The molecule has 0 radical (unpaired) electrons. The van der Waals surface area contributed by atoms with E-state index in [9.17, 15) is 18.0 Å². The Bertz CT molecular complexity index is 1560. The van der Waals surface area contributed by atoms with Gasteiger partial charge >= 0.3 is 6.18 Å². The van der Waals surface area contributed by atoms with E-state index in [0.717, 1.165) is 35.0 Å². The lowest BCUT2D eigenvalue weighted by Crippen LogP contribution is -2.17. The van der Waals surface area contributed by atoms with Crippen molar-refractivity contribution in [2.75, 3.05) is 24.2 Å². The first-order chi connectivity index (χ1) is 18.2. The molecule has 0 saturated carbocycles. The summed E-state index contributed by atoms with van der Waals surface area (Å²) in [4.78, 5) is 37.5. The molecular formula is C24H19ClF3N7O3. The SMILES string of the molecule is CN=c1ncc2cc(-c3cc(NC(=O)c4cc(C(F)(F)F)ccn4)ccc3Cl)c3n(c-2n1)CCN3.O=CO. The van der Waals surface area contributed by atoms with E-state index in [1.807, 2.05) is 10.6 Å². The van der Waals surface area contributed by atoms with Crippen molar-refractivity contribution >= 4 is 35.5 Å². The van der Waals surface area contributed by atoms with Gasteiger partial charge in [0, 0.05) is 59.9 Å². The number of pyridine rings is 2. The van der Waals surface area contributed by atoms with Gasteiger partial charge in [-0.05, 0) is 36.4 Å². The number of amides is 1. The molecule has 1 aromatic carbocycles. The summed E-state index contributed by atoms with van der Waals surface area (Å²) in [5.74, 6) is 0.744. The predicted molar refractivity (Wildman–Crippen MR) is 133 cm³/mol. The Labute approximate surface area is 218 Å². The van der Waals surface area contributed by atoms with Gasteiger partial charge in [0.1, 0.15) is 17.3 Å². The zero-order valence-corrected chi connectivity index (χ0v) is 20.4. The van der Waals surface area contributed by atoms with Crippen LogP contribution in [0.4, 0.5) is 24.7 Å². The number of aromatic nitrogens is 4. The van der Waals surface area contributed by atoms with Crippen molar-refractivity contribution in [3.05, 3.63) is 70.7 Å². The molecule has 3 aliphatic heterocycles. The van der Waals surface area contributed by atoms with Crippen LogP contribution in [0.5, 0.6) is 0 Å². The van der Waals surface area contributed by atoms with Crippen LogP contribution in [0.2, 0.25) is 5.02 Å². The zero-order valence-electron chi connectivity index (χ0n) is 19.6. The van der Waals surface area contributed by atoms with Crippen LogP contribution in [0.15, 0.2) is 53.8 Å². The minimum Gasteiger partial charge on any atom is -0.483 e. The summed E-state index contributed by atoms with van der Waals surface area (Å²) in [6.07, 6.45) is -1.95. The largest absolute Gasteiger partial charge is 0.483 e. The van der Waals surface area contributed by atoms with Gasteiger partial charge in [0.2, 0.25) is 5.62 Å². The van der Waals surface area contributed by atoms with E-state index in [2.05, 4.69) is 30.6 Å². The molecule has 14 heteroatoms. The van der Waals surface area contributed by atoms with Gasteiger partial charge in [-0.25, -0.2) is 4.98 Å². The van der Waals surface area contributed by atoms with Gasteiger partial charge in [0.05, 0.1) is 5.56 Å². The van der Waals surface area contributed by atoms with E-state index in [0.29, 0.717) is 41.0 Å². The average Bonchev–Trinajstić information content (AvgIpc) is 3.40. The number of fused-ring (bicyclic) bond motifs is 3. The molecule has 1 aromatic heterocycles. The lowest BCUT2D eigenvalue weighted by atomic mass is 10.0. The molecule has 10 nitrogen and oxygen atoms in total. The van der Waals surface area contributed by atoms with Crippen molar-refractivity contribution in [3.8, 4) is 22.5 Å². The zero-order chi connectivity index (χ0) is 27.4. The number of carboxylic acid groups (broad SMARTS) is 1. The summed E-state index contributed by atoms with van der Waals surface area (Å²) in [7, 11) is 1.62. The molecule has 2 aromatic rings. The fourth-order valence-electron chi connectivity index (χ4n) is 3.91. The van der Waals surface area contributed by atoms with E-state index in [4.69, 9.17) is 21.5 Å². The Morgan fingerprint density at radius 1 is 1.21 bits per heavy atom. The topological polar surface area (TPSA) is 134 Å². The van der Waals surface area contributed by atoms with E-state index in [1.54, 1.807) is 31.4 Å². The summed E-state index contributed by atoms with van der Waals surface area (Å²) in [6, 6.07) is 8.24. The highest BCUT2D eigenvalue weighted by Crippen LogP contribution is 2.40. The normalized spacial score (nSPS) is 12.8. The minimum atomic E-state index is -4.58. The Hall–Kier alpha value is -4.52. The summed E-state index contributed by atoms with van der Waals surface area (Å²) in [6.45, 7) is 1.11. The van der Waals surface area contributed by atoms with Crippen molar-refractivity contribution in [2.24, 2.45) is 4.99 Å². The maximum Gasteiger partial charge on any atom is 0.416 e. The fourth-order valence-corrected chi connectivity index (χ4v) is 4.13. The number of hydrogen-bond acceptors (Lipinski definition) is 7. The molecule has 4 heterocycles. The number of nitrogens with one attached hydrogen (secondary N) is 2. The van der Waals surface area contributed by atoms with Crippen molar-refractivity contribution in [2.45, 2.75) is 12.7 Å². The molecule has 38 heavy (non-hydrogen) atoms. The molecule has 0 unspecified atom stereocenters. The molecule has 3 N–H and O–H groups in total. The summed E-state index contributed by atoms with van der Waals surface area (Å²) < 4.78 is 41.0. The number of nitrogens with zero attached hydrogens (tertiary/aromatic N) is 5. The Kier molecular flexibility index (Phi) is 7.57. The first-order valence-electron chi connectivity index (χ1n) is 11.0. The van der Waals surface area contributed by atoms with Crippen molar-refractivity contribution < 1.29 is 27.9 Å². The Morgan fingerprint density at radius 3 is 2.68 bits per heavy atom. The number of rotatable bonds is 3. The minimum absolute atomic E-state index is 0.250. The highest BCUT2D eigenvalue weighted by atomic mass is 35.5. The van der Waals surface area contributed by atoms with Crippen LogP contribution in [0, 0.1) is 0 Å². The molecule has 0 bridgehead atoms. The third-order valence-corrected chi connectivity index (χ3v) is 5.86. The number of alkyl halides is 3. The van der Waals surface area contributed by atoms with E-state index >= 15 is 0 Å². The van der Waals surface area contributed by atoms with Crippen molar-refractivity contribution in [1.82, 2.24) is 19.5 Å². The Morgan fingerprint density at radius 2 is 1.97 bits per heavy atom. The first kappa shape index (κ1) is 26.5. The fraction of sp³-hybridized carbons (Fsp3) is 0.167. The van der Waals surface area contributed by atoms with Gasteiger partial charge in [-0.2, -0.15) is 18.2 Å². The lowest BCUT2D eigenvalue weighted by Gasteiger charge is -2.18. The van der Waals surface area contributed by atoms with Crippen LogP contribution in [0.1, 0.15) is 16.1 Å². The number of hydrogen-bond donors (Lipinski definition) is 3. The number of anilines is 2. The maximum absolute atomic E-state index is 13.0. The smallest absolute Gasteiger partial charge is 0.416 e. The van der Waals surface area contributed by atoms with Gasteiger partial charge < -0.3 is 20.3 Å². The Balaban J connectivity index is 0.00000107. The molecule has 0 aliphatic carbocycles. The predicted octanol–water partition coefficient (Wildman–Crippen LogP) is 4.03. The molecular weight excluding hydrogens is 527 g/mol. The van der Waals surface area contributed by atoms with E-state index in [-0.39, 0.29) is 12.2 Å². The van der Waals surface area contributed by atoms with E-state index < -0.39 is 17.6 Å². The first-order valence-corrected chi connectivity index (χ1v) is 11.3. The van der Waals surface area contributed by atoms with Gasteiger partial charge in [0.25, 0.3) is 12.4 Å². The number of benzene rings is 1. The number of carbonyl (C=O) groups excluding carboxylic acids is 1. The van der Waals surface area contributed by atoms with Crippen molar-refractivity contribution in [1.29, 1.82) is 0 Å². The van der Waals surface area contributed by atoms with Gasteiger partial charge in [-0.3, -0.25) is 19.6 Å². The molecule has 0 saturated heterocycles. The second-order valence-corrected chi connectivity index (χ2v) is 8.25. The quantitative estimate of drug-likeness (QED) is 0.331. The van der Waals surface area contributed by atoms with Gasteiger partial charge in [0.15, 0.2) is 0 Å². The van der Waals surface area contributed by atoms with E-state index in [1.165, 1.54) is 0 Å². The number of halogens is 4. The third-order valence-electron chi connectivity index (χ3n) is 5.53. The van der Waals surface area contributed by atoms with Crippen LogP contribution in [-0.2, 0) is 17.5 Å². The van der Waals surface area contributed by atoms with Crippen LogP contribution >= 0.6 is 11.6 Å². The second kappa shape index (κ2) is 10.8. The summed E-state index contributed by atoms with van der Waals surface area (Å²) in [5.41, 5.74) is 1.57. The second-order valence-electron chi connectivity index (χ2n) is 7.84. The molecule has 3 aliphatic rings. The average molecular weight is 546 g/mol. The molecule has 0 fully saturated rings. The molecule has 0 atom stereocenters. The monoisotopic (exact) mass is 545 g/mol. The molecule has 196 valence electrons. The standard InChI is InChI=1S/C23H17ClF3N7O.CH2O2/c1-28-22-31-11-12-8-16(20-30-6-7-34(20)19(12)33-22)15-10-14(2-3-17(15)24)32-21(35)18-9-13(4-5-29-18)23(25,26)27;2-1-3/h2-5,8-11,30H,6-7H2,1H3,(H,32,35);1H,(H,2,3). The van der Waals surface area contributed by atoms with Gasteiger partial charge in [-0.15, -0.1) is 0 Å². The van der Waals surface area contributed by atoms with Crippen LogP contribution in [-0.4, -0.2) is 50.6 Å². The third kappa shape index (κ3) is 5.42. The molecule has 1 amide bonds. The number of carbonyl (C=O) groups is 2. The van der Waals surface area contributed by atoms with Crippen LogP contribution < -0.4 is 16.3 Å². The lowest BCUT2D eigenvalue weighted by molar-refractivity contribution is -0.137. The van der Waals surface area contributed by atoms with Gasteiger partial charge in [-0.1, -0.05) is 11.6 Å². The molecule has 5 rings (SSSR count). The maximum atomic E-state index is 13.0. The summed E-state index contributed by atoms with van der Waals surface area (Å²) >= 11 is 6.52.